The Bertz CT molecular complexity index is 439. The lowest BCUT2D eigenvalue weighted by molar-refractivity contribution is -0.141. The van der Waals surface area contributed by atoms with E-state index in [1.807, 2.05) is 0 Å². The zero-order chi connectivity index (χ0) is 14.0. The molecule has 2 atom stereocenters. The Hall–Kier alpha value is -1.35. The monoisotopic (exact) mass is 261 g/mol. The Morgan fingerprint density at radius 1 is 1.21 bits per heavy atom. The predicted molar refractivity (Wildman–Crippen MR) is 76.3 cm³/mol. The Balaban J connectivity index is 2.04. The Morgan fingerprint density at radius 2 is 1.79 bits per heavy atom. The van der Waals surface area contributed by atoms with Gasteiger partial charge in [0.15, 0.2) is 0 Å². The van der Waals surface area contributed by atoms with Gasteiger partial charge in [-0.1, -0.05) is 38.1 Å². The minimum atomic E-state index is -0.662. The van der Waals surface area contributed by atoms with E-state index in [9.17, 15) is 4.79 Å². The molecule has 1 aliphatic heterocycles. The summed E-state index contributed by atoms with van der Waals surface area (Å²) in [6.07, 6.45) is 0.768. The average Bonchev–Trinajstić information content (AvgIpc) is 2.87. The zero-order valence-corrected chi connectivity index (χ0v) is 12.0. The molecule has 2 rings (SSSR count). The highest BCUT2D eigenvalue weighted by molar-refractivity contribution is 5.70. The highest BCUT2D eigenvalue weighted by atomic mass is 16.4. The number of aliphatic carboxylic acids is 1. The van der Waals surface area contributed by atoms with Crippen molar-refractivity contribution < 1.29 is 9.90 Å². The van der Waals surface area contributed by atoms with E-state index in [-0.39, 0.29) is 5.92 Å². The molecule has 1 fully saturated rings. The van der Waals surface area contributed by atoms with Gasteiger partial charge >= 0.3 is 5.97 Å². The Labute approximate surface area is 115 Å². The van der Waals surface area contributed by atoms with Crippen LogP contribution in [0.1, 0.15) is 50.3 Å². The third kappa shape index (κ3) is 3.16. The lowest BCUT2D eigenvalue weighted by Gasteiger charge is -2.24. The lowest BCUT2D eigenvalue weighted by atomic mass is 9.99. The summed E-state index contributed by atoms with van der Waals surface area (Å²) in [6, 6.07) is 9.01. The normalized spacial score (nSPS) is 21.8. The first kappa shape index (κ1) is 14.1. The summed E-state index contributed by atoms with van der Waals surface area (Å²) in [4.78, 5) is 13.3. The zero-order valence-electron chi connectivity index (χ0n) is 12.0. The first-order valence-corrected chi connectivity index (χ1v) is 7.05. The van der Waals surface area contributed by atoms with Crippen molar-refractivity contribution in [3.63, 3.8) is 0 Å². The highest BCUT2D eigenvalue weighted by Crippen LogP contribution is 2.28. The van der Waals surface area contributed by atoms with Crippen LogP contribution in [0.15, 0.2) is 24.3 Å². The molecule has 0 aliphatic carbocycles. The van der Waals surface area contributed by atoms with Crippen LogP contribution in [0, 0.1) is 5.92 Å². The fourth-order valence-electron chi connectivity index (χ4n) is 2.71. The molecule has 3 heteroatoms. The molecule has 0 bridgehead atoms. The van der Waals surface area contributed by atoms with E-state index in [4.69, 9.17) is 5.11 Å². The average molecular weight is 261 g/mol. The van der Waals surface area contributed by atoms with Crippen LogP contribution in [0.25, 0.3) is 0 Å². The summed E-state index contributed by atoms with van der Waals surface area (Å²) in [7, 11) is 0. The van der Waals surface area contributed by atoms with Crippen LogP contribution in [0.4, 0.5) is 0 Å². The van der Waals surface area contributed by atoms with Gasteiger partial charge in [0.05, 0.1) is 5.92 Å². The predicted octanol–water partition coefficient (Wildman–Crippen LogP) is 3.28. The van der Waals surface area contributed by atoms with Gasteiger partial charge in [-0.15, -0.1) is 0 Å². The van der Waals surface area contributed by atoms with Gasteiger partial charge in [-0.3, -0.25) is 9.69 Å². The summed E-state index contributed by atoms with van der Waals surface area (Å²) in [6.45, 7) is 8.09. The summed E-state index contributed by atoms with van der Waals surface area (Å²) in [5, 5.41) is 9.05. The molecular weight excluding hydrogens is 238 g/mol. The molecule has 0 radical (unpaired) electrons. The van der Waals surface area contributed by atoms with E-state index in [1.54, 1.807) is 0 Å². The van der Waals surface area contributed by atoms with Crippen LogP contribution in [0.5, 0.6) is 0 Å². The molecule has 1 saturated heterocycles. The molecule has 1 aromatic carbocycles. The maximum absolute atomic E-state index is 11.0. The molecule has 0 amide bonds. The van der Waals surface area contributed by atoms with Crippen molar-refractivity contribution in [2.75, 3.05) is 13.1 Å². The number of hydrogen-bond donors (Lipinski definition) is 1. The van der Waals surface area contributed by atoms with Gasteiger partial charge < -0.3 is 5.11 Å². The van der Waals surface area contributed by atoms with Crippen molar-refractivity contribution >= 4 is 5.97 Å². The summed E-state index contributed by atoms with van der Waals surface area (Å²) in [5.41, 5.74) is 2.62. The Kier molecular flexibility index (Phi) is 4.25. The van der Waals surface area contributed by atoms with Gasteiger partial charge in [0.25, 0.3) is 0 Å². The molecule has 1 aromatic rings. The van der Waals surface area contributed by atoms with Crippen LogP contribution >= 0.6 is 0 Å². The van der Waals surface area contributed by atoms with E-state index in [2.05, 4.69) is 49.9 Å². The second kappa shape index (κ2) is 5.74. The van der Waals surface area contributed by atoms with Crippen molar-refractivity contribution in [1.82, 2.24) is 4.90 Å². The molecule has 1 N–H and O–H groups in total. The van der Waals surface area contributed by atoms with Crippen molar-refractivity contribution in [3.05, 3.63) is 35.4 Å². The summed E-state index contributed by atoms with van der Waals surface area (Å²) < 4.78 is 0. The van der Waals surface area contributed by atoms with Gasteiger partial charge in [0.2, 0.25) is 0 Å². The van der Waals surface area contributed by atoms with Gasteiger partial charge in [-0.05, 0) is 36.9 Å². The first-order valence-electron chi connectivity index (χ1n) is 7.05. The maximum Gasteiger partial charge on any atom is 0.307 e. The molecule has 19 heavy (non-hydrogen) atoms. The number of nitrogens with zero attached hydrogens (tertiary/aromatic N) is 1. The largest absolute Gasteiger partial charge is 0.481 e. The van der Waals surface area contributed by atoms with E-state index >= 15 is 0 Å². The number of carbonyl (C=O) groups is 1. The summed E-state index contributed by atoms with van der Waals surface area (Å²) >= 11 is 0. The Morgan fingerprint density at radius 3 is 2.26 bits per heavy atom. The van der Waals surface area contributed by atoms with Crippen molar-refractivity contribution in [3.8, 4) is 0 Å². The smallest absolute Gasteiger partial charge is 0.307 e. The number of carboxylic acids is 1. The maximum atomic E-state index is 11.0. The molecule has 3 nitrogen and oxygen atoms in total. The van der Waals surface area contributed by atoms with Crippen LogP contribution in [-0.2, 0) is 4.79 Å². The quantitative estimate of drug-likeness (QED) is 0.904. The third-order valence-electron chi connectivity index (χ3n) is 4.20. The molecule has 0 spiro atoms. The number of hydrogen-bond acceptors (Lipinski definition) is 2. The highest BCUT2D eigenvalue weighted by Gasteiger charge is 2.30. The molecule has 1 heterocycles. The second-order valence-electron chi connectivity index (χ2n) is 5.82. The van der Waals surface area contributed by atoms with E-state index < -0.39 is 5.97 Å². The second-order valence-corrected chi connectivity index (χ2v) is 5.82. The van der Waals surface area contributed by atoms with Gasteiger partial charge in [0.1, 0.15) is 0 Å². The van der Waals surface area contributed by atoms with Crippen LogP contribution in [-0.4, -0.2) is 29.1 Å². The number of carboxylic acid groups (broad SMARTS) is 1. The van der Waals surface area contributed by atoms with Crippen molar-refractivity contribution in [2.45, 2.75) is 39.2 Å². The SMILES string of the molecule is CC(C)c1ccc(C(C)N2CCC(C(=O)O)C2)cc1. The molecular formula is C16H23NO2. The van der Waals surface area contributed by atoms with Crippen molar-refractivity contribution in [2.24, 2.45) is 5.92 Å². The minimum absolute atomic E-state index is 0.197. The molecule has 104 valence electrons. The minimum Gasteiger partial charge on any atom is -0.481 e. The van der Waals surface area contributed by atoms with E-state index in [0.29, 0.717) is 18.5 Å². The van der Waals surface area contributed by atoms with Gasteiger partial charge in [-0.25, -0.2) is 0 Å². The fourth-order valence-corrected chi connectivity index (χ4v) is 2.71. The number of rotatable bonds is 4. The fraction of sp³-hybridized carbons (Fsp3) is 0.562. The standard InChI is InChI=1S/C16H23NO2/c1-11(2)13-4-6-14(7-5-13)12(3)17-9-8-15(10-17)16(18)19/h4-7,11-12,15H,8-10H2,1-3H3,(H,18,19). The van der Waals surface area contributed by atoms with E-state index in [1.165, 1.54) is 11.1 Å². The van der Waals surface area contributed by atoms with Crippen LogP contribution in [0.3, 0.4) is 0 Å². The first-order chi connectivity index (χ1) is 8.99. The molecule has 1 aliphatic rings. The van der Waals surface area contributed by atoms with E-state index in [0.717, 1.165) is 13.0 Å². The lowest BCUT2D eigenvalue weighted by Crippen LogP contribution is -2.26. The number of likely N-dealkylation sites (tertiary alicyclic amines) is 1. The topological polar surface area (TPSA) is 40.5 Å². The molecule has 2 unspecified atom stereocenters. The molecule has 0 saturated carbocycles. The van der Waals surface area contributed by atoms with Crippen LogP contribution in [0.2, 0.25) is 0 Å². The van der Waals surface area contributed by atoms with Gasteiger partial charge in [0, 0.05) is 12.6 Å². The van der Waals surface area contributed by atoms with Crippen LogP contribution < -0.4 is 0 Å². The molecule has 0 aromatic heterocycles. The van der Waals surface area contributed by atoms with Gasteiger partial charge in [-0.2, -0.15) is 0 Å². The third-order valence-corrected chi connectivity index (χ3v) is 4.20. The summed E-state index contributed by atoms with van der Waals surface area (Å²) in [5.74, 6) is -0.310. The van der Waals surface area contributed by atoms with Crippen molar-refractivity contribution in [1.29, 1.82) is 0 Å². The number of benzene rings is 1.